The summed E-state index contributed by atoms with van der Waals surface area (Å²) >= 11 is 0. The quantitative estimate of drug-likeness (QED) is 0.610. The van der Waals surface area contributed by atoms with Gasteiger partial charge in [-0.1, -0.05) is 12.2 Å². The molecule has 0 bridgehead atoms. The molecular formula is C11H12F2N2O. The van der Waals surface area contributed by atoms with Crippen LogP contribution in [0.3, 0.4) is 0 Å². The number of carbonyl (C=O) groups is 1. The Hall–Kier alpha value is -1.91. The summed E-state index contributed by atoms with van der Waals surface area (Å²) in [6, 6.07) is 1.63. The first kappa shape index (κ1) is 12.2. The lowest BCUT2D eigenvalue weighted by atomic mass is 10.1. The van der Waals surface area contributed by atoms with E-state index in [2.05, 4.69) is 11.9 Å². The molecule has 0 saturated heterocycles. The van der Waals surface area contributed by atoms with E-state index in [9.17, 15) is 13.6 Å². The van der Waals surface area contributed by atoms with E-state index >= 15 is 0 Å². The summed E-state index contributed by atoms with van der Waals surface area (Å²) in [4.78, 5) is 11.5. The van der Waals surface area contributed by atoms with E-state index in [1.54, 1.807) is 6.92 Å². The molecule has 0 aromatic heterocycles. The fourth-order valence-corrected chi connectivity index (χ4v) is 1.10. The van der Waals surface area contributed by atoms with Gasteiger partial charge in [0.25, 0.3) is 5.91 Å². The predicted octanol–water partition coefficient (Wildman–Crippen LogP) is 1.85. The van der Waals surface area contributed by atoms with E-state index in [0.717, 1.165) is 12.1 Å². The minimum Gasteiger partial charge on any atom is -0.396 e. The molecule has 3 N–H and O–H groups in total. The number of benzene rings is 1. The highest BCUT2D eigenvalue weighted by Crippen LogP contribution is 2.17. The number of anilines is 1. The number of carbonyl (C=O) groups excluding carboxylic acids is 1. The Balaban J connectivity index is 2.95. The van der Waals surface area contributed by atoms with Crippen molar-refractivity contribution in [2.24, 2.45) is 0 Å². The molecule has 0 heterocycles. The van der Waals surface area contributed by atoms with Crippen molar-refractivity contribution in [1.29, 1.82) is 0 Å². The molecule has 86 valence electrons. The summed E-state index contributed by atoms with van der Waals surface area (Å²) in [7, 11) is 0. The molecule has 5 heteroatoms. The highest BCUT2D eigenvalue weighted by molar-refractivity contribution is 5.95. The van der Waals surface area contributed by atoms with Crippen LogP contribution < -0.4 is 11.1 Å². The number of amides is 1. The molecule has 0 saturated carbocycles. The average Bonchev–Trinajstić information content (AvgIpc) is 2.19. The van der Waals surface area contributed by atoms with E-state index in [1.165, 1.54) is 0 Å². The molecule has 0 unspecified atom stereocenters. The van der Waals surface area contributed by atoms with E-state index in [4.69, 9.17) is 5.73 Å². The third-order valence-corrected chi connectivity index (χ3v) is 1.86. The number of nitrogen functional groups attached to an aromatic ring is 1. The van der Waals surface area contributed by atoms with Gasteiger partial charge in [0.2, 0.25) is 0 Å². The summed E-state index contributed by atoms with van der Waals surface area (Å²) in [5.41, 5.74) is 5.12. The number of halogens is 2. The Bertz CT molecular complexity index is 444. The van der Waals surface area contributed by atoms with Crippen molar-refractivity contribution in [3.8, 4) is 0 Å². The van der Waals surface area contributed by atoms with Crippen LogP contribution >= 0.6 is 0 Å². The molecule has 0 aliphatic rings. The standard InChI is InChI=1S/C11H12F2N2O/c1-6(2)5-15-11(16)8-3-7(12)4-9(14)10(8)13/h3-4H,1,5,14H2,2H3,(H,15,16). The molecule has 0 atom stereocenters. The number of nitrogens with two attached hydrogens (primary N) is 1. The van der Waals surface area contributed by atoms with Crippen LogP contribution in [0.4, 0.5) is 14.5 Å². The van der Waals surface area contributed by atoms with Gasteiger partial charge in [0, 0.05) is 6.54 Å². The van der Waals surface area contributed by atoms with Gasteiger partial charge >= 0.3 is 0 Å². The third kappa shape index (κ3) is 2.79. The number of nitrogens with one attached hydrogen (secondary N) is 1. The first-order valence-corrected chi connectivity index (χ1v) is 4.59. The molecule has 0 aliphatic heterocycles. The Morgan fingerprint density at radius 2 is 2.12 bits per heavy atom. The summed E-state index contributed by atoms with van der Waals surface area (Å²) < 4.78 is 26.3. The normalized spacial score (nSPS) is 9.94. The van der Waals surface area contributed by atoms with Crippen molar-refractivity contribution >= 4 is 11.6 Å². The molecule has 3 nitrogen and oxygen atoms in total. The molecule has 0 fully saturated rings. The number of hydrogen-bond donors (Lipinski definition) is 2. The monoisotopic (exact) mass is 226 g/mol. The van der Waals surface area contributed by atoms with Gasteiger partial charge in [0.1, 0.15) is 5.82 Å². The van der Waals surface area contributed by atoms with Crippen molar-refractivity contribution < 1.29 is 13.6 Å². The van der Waals surface area contributed by atoms with Crippen LogP contribution in [0.25, 0.3) is 0 Å². The Morgan fingerprint density at radius 1 is 1.50 bits per heavy atom. The van der Waals surface area contributed by atoms with Gasteiger partial charge in [-0.2, -0.15) is 0 Å². The summed E-state index contributed by atoms with van der Waals surface area (Å²) in [5.74, 6) is -2.38. The van der Waals surface area contributed by atoms with Crippen LogP contribution in [0.1, 0.15) is 17.3 Å². The van der Waals surface area contributed by atoms with Crippen LogP contribution in [-0.4, -0.2) is 12.5 Å². The second-order valence-electron chi connectivity index (χ2n) is 3.50. The lowest BCUT2D eigenvalue weighted by molar-refractivity contribution is 0.0952. The average molecular weight is 226 g/mol. The molecule has 16 heavy (non-hydrogen) atoms. The summed E-state index contributed by atoms with van der Waals surface area (Å²) in [6.45, 7) is 5.48. The molecule has 0 spiro atoms. The number of hydrogen-bond acceptors (Lipinski definition) is 2. The maximum atomic E-state index is 13.4. The number of rotatable bonds is 3. The van der Waals surface area contributed by atoms with Crippen molar-refractivity contribution in [2.45, 2.75) is 6.92 Å². The topological polar surface area (TPSA) is 55.1 Å². The van der Waals surface area contributed by atoms with Gasteiger partial charge in [-0.15, -0.1) is 0 Å². The lowest BCUT2D eigenvalue weighted by Crippen LogP contribution is -2.26. The van der Waals surface area contributed by atoms with Gasteiger partial charge in [-0.3, -0.25) is 4.79 Å². The van der Waals surface area contributed by atoms with Crippen LogP contribution in [0.2, 0.25) is 0 Å². The van der Waals surface area contributed by atoms with E-state index in [0.29, 0.717) is 5.57 Å². The van der Waals surface area contributed by atoms with E-state index in [-0.39, 0.29) is 12.2 Å². The first-order chi connectivity index (χ1) is 7.41. The Kier molecular flexibility index (Phi) is 3.60. The Morgan fingerprint density at radius 3 is 2.69 bits per heavy atom. The van der Waals surface area contributed by atoms with Crippen molar-refractivity contribution in [2.75, 3.05) is 12.3 Å². The zero-order valence-corrected chi connectivity index (χ0v) is 8.81. The van der Waals surface area contributed by atoms with Crippen LogP contribution in [0.5, 0.6) is 0 Å². The maximum absolute atomic E-state index is 13.4. The molecule has 0 aliphatic carbocycles. The molecule has 1 amide bonds. The molecule has 1 aromatic rings. The summed E-state index contributed by atoms with van der Waals surface area (Å²) in [5, 5.41) is 2.39. The minimum atomic E-state index is -0.916. The largest absolute Gasteiger partial charge is 0.396 e. The minimum absolute atomic E-state index is 0.203. The van der Waals surface area contributed by atoms with Gasteiger partial charge in [0.05, 0.1) is 11.3 Å². The fourth-order valence-electron chi connectivity index (χ4n) is 1.10. The highest BCUT2D eigenvalue weighted by Gasteiger charge is 2.15. The smallest absolute Gasteiger partial charge is 0.254 e. The molecule has 1 aromatic carbocycles. The van der Waals surface area contributed by atoms with Gasteiger partial charge < -0.3 is 11.1 Å². The third-order valence-electron chi connectivity index (χ3n) is 1.86. The fraction of sp³-hybridized carbons (Fsp3) is 0.182. The summed E-state index contributed by atoms with van der Waals surface area (Å²) in [6.07, 6.45) is 0. The Labute approximate surface area is 91.9 Å². The first-order valence-electron chi connectivity index (χ1n) is 4.59. The van der Waals surface area contributed by atoms with Crippen molar-refractivity contribution in [3.63, 3.8) is 0 Å². The van der Waals surface area contributed by atoms with Gasteiger partial charge in [0.15, 0.2) is 5.82 Å². The van der Waals surface area contributed by atoms with E-state index in [1.807, 2.05) is 0 Å². The predicted molar refractivity (Wildman–Crippen MR) is 57.9 cm³/mol. The molecule has 0 radical (unpaired) electrons. The van der Waals surface area contributed by atoms with Crippen LogP contribution in [0, 0.1) is 11.6 Å². The zero-order valence-electron chi connectivity index (χ0n) is 8.81. The van der Waals surface area contributed by atoms with Gasteiger partial charge in [-0.25, -0.2) is 8.78 Å². The molecule has 1 rings (SSSR count). The SMILES string of the molecule is C=C(C)CNC(=O)c1cc(F)cc(N)c1F. The molecular weight excluding hydrogens is 214 g/mol. The second-order valence-corrected chi connectivity index (χ2v) is 3.50. The highest BCUT2D eigenvalue weighted by atomic mass is 19.1. The maximum Gasteiger partial charge on any atom is 0.254 e. The van der Waals surface area contributed by atoms with Crippen LogP contribution in [-0.2, 0) is 0 Å². The van der Waals surface area contributed by atoms with E-state index < -0.39 is 23.1 Å². The van der Waals surface area contributed by atoms with Crippen LogP contribution in [0.15, 0.2) is 24.3 Å². The van der Waals surface area contributed by atoms with Crippen molar-refractivity contribution in [1.82, 2.24) is 5.32 Å². The lowest BCUT2D eigenvalue weighted by Gasteiger charge is -2.07. The van der Waals surface area contributed by atoms with Gasteiger partial charge in [-0.05, 0) is 19.1 Å². The second kappa shape index (κ2) is 4.74. The zero-order chi connectivity index (χ0) is 12.3. The van der Waals surface area contributed by atoms with Crippen molar-refractivity contribution in [3.05, 3.63) is 41.5 Å².